The third-order valence-corrected chi connectivity index (χ3v) is 3.41. The highest BCUT2D eigenvalue weighted by atomic mass is 35.5. The van der Waals surface area contributed by atoms with Gasteiger partial charge >= 0.3 is 5.97 Å². The zero-order chi connectivity index (χ0) is 12.1. The quantitative estimate of drug-likeness (QED) is 0.795. The molecule has 0 aliphatic carbocycles. The Hall–Kier alpha value is -0.780. The molecule has 0 spiro atoms. The van der Waals surface area contributed by atoms with Crippen LogP contribution in [0, 0.1) is 5.92 Å². The second-order valence-corrected chi connectivity index (χ2v) is 4.83. The standard InChI is InChI=1S/C10H12ClNO3S/c1-6(4-13)5-16-8-3-2-7(11)9(12-8)10(14)15/h2-3,6,13H,4-5H2,1H3,(H,14,15). The number of aliphatic hydroxyl groups excluding tert-OH is 1. The van der Waals surface area contributed by atoms with Crippen LogP contribution in [0.3, 0.4) is 0 Å². The Morgan fingerprint density at radius 2 is 2.31 bits per heavy atom. The van der Waals surface area contributed by atoms with E-state index in [1.54, 1.807) is 6.07 Å². The Morgan fingerprint density at radius 3 is 2.88 bits per heavy atom. The zero-order valence-electron chi connectivity index (χ0n) is 8.68. The molecule has 0 radical (unpaired) electrons. The summed E-state index contributed by atoms with van der Waals surface area (Å²) in [7, 11) is 0. The van der Waals surface area contributed by atoms with Crippen molar-refractivity contribution in [1.82, 2.24) is 4.98 Å². The number of nitrogens with zero attached hydrogens (tertiary/aromatic N) is 1. The summed E-state index contributed by atoms with van der Waals surface area (Å²) in [5, 5.41) is 18.4. The van der Waals surface area contributed by atoms with Crippen LogP contribution in [0.1, 0.15) is 17.4 Å². The normalized spacial score (nSPS) is 12.4. The van der Waals surface area contributed by atoms with Crippen molar-refractivity contribution in [3.05, 3.63) is 22.8 Å². The van der Waals surface area contributed by atoms with Gasteiger partial charge in [0.25, 0.3) is 0 Å². The molecule has 0 aromatic carbocycles. The lowest BCUT2D eigenvalue weighted by Crippen LogP contribution is -2.05. The van der Waals surface area contributed by atoms with Gasteiger partial charge in [0.1, 0.15) is 0 Å². The maximum atomic E-state index is 10.8. The van der Waals surface area contributed by atoms with Crippen LogP contribution in [-0.4, -0.2) is 33.5 Å². The largest absolute Gasteiger partial charge is 0.476 e. The van der Waals surface area contributed by atoms with E-state index in [0.717, 1.165) is 0 Å². The van der Waals surface area contributed by atoms with Crippen LogP contribution in [-0.2, 0) is 0 Å². The van der Waals surface area contributed by atoms with Crippen LogP contribution in [0.2, 0.25) is 5.02 Å². The second kappa shape index (κ2) is 6.08. The summed E-state index contributed by atoms with van der Waals surface area (Å²) >= 11 is 7.09. The van der Waals surface area contributed by atoms with E-state index >= 15 is 0 Å². The van der Waals surface area contributed by atoms with Gasteiger partial charge in [-0.05, 0) is 18.1 Å². The third kappa shape index (κ3) is 3.66. The highest BCUT2D eigenvalue weighted by molar-refractivity contribution is 7.99. The van der Waals surface area contributed by atoms with Gasteiger partial charge in [0, 0.05) is 12.4 Å². The molecule has 1 aromatic rings. The smallest absolute Gasteiger partial charge is 0.356 e. The van der Waals surface area contributed by atoms with Crippen molar-refractivity contribution in [1.29, 1.82) is 0 Å². The number of pyridine rings is 1. The molecule has 1 rings (SSSR count). The number of aromatic nitrogens is 1. The van der Waals surface area contributed by atoms with Gasteiger partial charge in [0.15, 0.2) is 5.69 Å². The molecular formula is C10H12ClNO3S. The Kier molecular flexibility index (Phi) is 5.05. The van der Waals surface area contributed by atoms with E-state index in [2.05, 4.69) is 4.98 Å². The lowest BCUT2D eigenvalue weighted by atomic mass is 10.2. The van der Waals surface area contributed by atoms with Gasteiger partial charge < -0.3 is 10.2 Å². The van der Waals surface area contributed by atoms with Crippen molar-refractivity contribution in [2.75, 3.05) is 12.4 Å². The molecule has 1 unspecified atom stereocenters. The number of carbonyl (C=O) groups is 1. The third-order valence-electron chi connectivity index (χ3n) is 1.85. The molecule has 1 atom stereocenters. The maximum absolute atomic E-state index is 10.8. The molecular weight excluding hydrogens is 250 g/mol. The van der Waals surface area contributed by atoms with E-state index in [1.807, 2.05) is 6.92 Å². The number of carboxylic acid groups (broad SMARTS) is 1. The Balaban J connectivity index is 2.75. The molecule has 0 bridgehead atoms. The first-order chi connectivity index (χ1) is 7.54. The van der Waals surface area contributed by atoms with Gasteiger partial charge in [-0.2, -0.15) is 0 Å². The lowest BCUT2D eigenvalue weighted by Gasteiger charge is -2.07. The van der Waals surface area contributed by atoms with Crippen molar-refractivity contribution in [2.45, 2.75) is 11.9 Å². The Morgan fingerprint density at radius 1 is 1.62 bits per heavy atom. The highest BCUT2D eigenvalue weighted by Crippen LogP contribution is 2.22. The summed E-state index contributed by atoms with van der Waals surface area (Å²) in [4.78, 5) is 14.7. The first kappa shape index (κ1) is 13.3. The van der Waals surface area contributed by atoms with Gasteiger partial charge in [-0.25, -0.2) is 9.78 Å². The summed E-state index contributed by atoms with van der Waals surface area (Å²) in [6.45, 7) is 2.01. The predicted molar refractivity (Wildman–Crippen MR) is 63.2 cm³/mol. The van der Waals surface area contributed by atoms with Crippen molar-refractivity contribution in [3.8, 4) is 0 Å². The van der Waals surface area contributed by atoms with Crippen LogP contribution in [0.4, 0.5) is 0 Å². The SMILES string of the molecule is CC(CO)CSc1ccc(Cl)c(C(=O)O)n1. The molecule has 88 valence electrons. The molecule has 0 fully saturated rings. The maximum Gasteiger partial charge on any atom is 0.356 e. The van der Waals surface area contributed by atoms with Gasteiger partial charge in [-0.15, -0.1) is 11.8 Å². The van der Waals surface area contributed by atoms with Crippen LogP contribution in [0.25, 0.3) is 0 Å². The Labute approximate surface area is 103 Å². The molecule has 4 nitrogen and oxygen atoms in total. The van der Waals surface area contributed by atoms with Crippen LogP contribution in [0.15, 0.2) is 17.2 Å². The van der Waals surface area contributed by atoms with Gasteiger partial charge in [-0.3, -0.25) is 0 Å². The van der Waals surface area contributed by atoms with Crippen molar-refractivity contribution in [3.63, 3.8) is 0 Å². The lowest BCUT2D eigenvalue weighted by molar-refractivity contribution is 0.0690. The summed E-state index contributed by atoms with van der Waals surface area (Å²) in [6, 6.07) is 3.19. The van der Waals surface area contributed by atoms with E-state index in [9.17, 15) is 4.79 Å². The summed E-state index contributed by atoms with van der Waals surface area (Å²) < 4.78 is 0. The van der Waals surface area contributed by atoms with Gasteiger partial charge in [-0.1, -0.05) is 18.5 Å². The number of halogens is 1. The number of hydrogen-bond donors (Lipinski definition) is 2. The number of rotatable bonds is 5. The first-order valence-electron chi connectivity index (χ1n) is 4.68. The molecule has 0 aliphatic heterocycles. The molecule has 2 N–H and O–H groups in total. The van der Waals surface area contributed by atoms with Crippen LogP contribution >= 0.6 is 23.4 Å². The fourth-order valence-electron chi connectivity index (χ4n) is 0.935. The van der Waals surface area contributed by atoms with Crippen LogP contribution < -0.4 is 0 Å². The van der Waals surface area contributed by atoms with Crippen molar-refractivity contribution in [2.24, 2.45) is 5.92 Å². The number of hydrogen-bond acceptors (Lipinski definition) is 4. The minimum atomic E-state index is -1.14. The first-order valence-corrected chi connectivity index (χ1v) is 6.04. The molecule has 16 heavy (non-hydrogen) atoms. The fourth-order valence-corrected chi connectivity index (χ4v) is 2.00. The molecule has 1 heterocycles. The summed E-state index contributed by atoms with van der Waals surface area (Å²) in [5.41, 5.74) is -0.136. The second-order valence-electron chi connectivity index (χ2n) is 3.38. The van der Waals surface area contributed by atoms with Gasteiger partial charge in [0.2, 0.25) is 0 Å². The molecule has 0 saturated carbocycles. The average Bonchev–Trinajstić information content (AvgIpc) is 2.27. The fraction of sp³-hybridized carbons (Fsp3) is 0.400. The minimum Gasteiger partial charge on any atom is -0.476 e. The zero-order valence-corrected chi connectivity index (χ0v) is 10.3. The van der Waals surface area contributed by atoms with E-state index in [0.29, 0.717) is 10.8 Å². The molecule has 1 aromatic heterocycles. The average molecular weight is 262 g/mol. The minimum absolute atomic E-state index is 0.104. The predicted octanol–water partition coefficient (Wildman–Crippen LogP) is 2.15. The van der Waals surface area contributed by atoms with E-state index < -0.39 is 5.97 Å². The van der Waals surface area contributed by atoms with Gasteiger partial charge in [0.05, 0.1) is 10.0 Å². The van der Waals surface area contributed by atoms with E-state index in [-0.39, 0.29) is 23.2 Å². The monoisotopic (exact) mass is 261 g/mol. The molecule has 0 amide bonds. The molecule has 6 heteroatoms. The number of aromatic carboxylic acids is 1. The highest BCUT2D eigenvalue weighted by Gasteiger charge is 2.12. The van der Waals surface area contributed by atoms with E-state index in [4.69, 9.17) is 21.8 Å². The summed E-state index contributed by atoms with van der Waals surface area (Å²) in [6.07, 6.45) is 0. The molecule has 0 saturated heterocycles. The topological polar surface area (TPSA) is 70.4 Å². The van der Waals surface area contributed by atoms with Crippen LogP contribution in [0.5, 0.6) is 0 Å². The number of carboxylic acids is 1. The van der Waals surface area contributed by atoms with Crippen molar-refractivity contribution >= 4 is 29.3 Å². The van der Waals surface area contributed by atoms with Crippen molar-refractivity contribution < 1.29 is 15.0 Å². The number of aliphatic hydroxyl groups is 1. The number of thioether (sulfide) groups is 1. The van der Waals surface area contributed by atoms with E-state index in [1.165, 1.54) is 17.8 Å². The molecule has 0 aliphatic rings. The summed E-state index contributed by atoms with van der Waals surface area (Å²) in [5.74, 6) is -0.303. The Bertz CT molecular complexity index is 386.